The molecule has 0 fully saturated rings. The minimum absolute atomic E-state index is 0.519. The molecular weight excluding hydrogens is 971 g/mol. The van der Waals surface area contributed by atoms with Crippen LogP contribution in [0.25, 0.3) is 133 Å². The smallest absolute Gasteiger partial charge is 0.160 e. The molecule has 0 aliphatic rings. The highest BCUT2D eigenvalue weighted by molar-refractivity contribution is 6.14. The zero-order valence-corrected chi connectivity index (χ0v) is 44.9. The van der Waals surface area contributed by atoms with Crippen LogP contribution in [0.15, 0.2) is 249 Å². The van der Waals surface area contributed by atoms with Gasteiger partial charge in [0, 0.05) is 38.2 Å². The molecule has 3 heterocycles. The van der Waals surface area contributed by atoms with Crippen LogP contribution in [0.2, 0.25) is 0 Å². The summed E-state index contributed by atoms with van der Waals surface area (Å²) in [5, 5.41) is 16.5. The number of aromatic nitrogens is 4. The molecule has 0 aliphatic carbocycles. The number of hydrogen-bond donors (Lipinski definition) is 0. The predicted molar refractivity (Wildman–Crippen MR) is 332 cm³/mol. The number of hydrogen-bond acceptors (Lipinski definition) is 3. The fourth-order valence-electron chi connectivity index (χ4n) is 12.1. The molecule has 0 radical (unpaired) electrons. The highest BCUT2D eigenvalue weighted by atomic mass is 15.0. The summed E-state index contributed by atoms with van der Waals surface area (Å²) in [6, 6.07) is 91.3. The topological polar surface area (TPSA) is 59.4 Å². The van der Waals surface area contributed by atoms with E-state index in [0.717, 1.165) is 105 Å². The van der Waals surface area contributed by atoms with E-state index in [0.29, 0.717) is 11.4 Å². The van der Waals surface area contributed by atoms with E-state index >= 15 is 0 Å². The molecule has 0 atom stereocenters. The van der Waals surface area contributed by atoms with Crippen molar-refractivity contribution in [2.75, 3.05) is 0 Å². The summed E-state index contributed by atoms with van der Waals surface area (Å²) in [6.07, 6.45) is 0. The van der Waals surface area contributed by atoms with Crippen LogP contribution in [0.1, 0.15) is 27.8 Å². The molecule has 3 aromatic heterocycles. The van der Waals surface area contributed by atoms with Gasteiger partial charge in [0.2, 0.25) is 0 Å². The molecule has 5 heteroatoms. The molecule has 0 N–H and O–H groups in total. The monoisotopic (exact) mass is 1020 g/mol. The number of nitriles is 1. The first kappa shape index (κ1) is 48.0. The van der Waals surface area contributed by atoms with Gasteiger partial charge >= 0.3 is 0 Å². The van der Waals surface area contributed by atoms with Crippen molar-refractivity contribution in [1.29, 1.82) is 5.26 Å². The average Bonchev–Trinajstić information content (AvgIpc) is 4.23. The van der Waals surface area contributed by atoms with E-state index in [9.17, 15) is 5.26 Å². The van der Waals surface area contributed by atoms with E-state index in [1.54, 1.807) is 0 Å². The van der Waals surface area contributed by atoms with Crippen LogP contribution >= 0.6 is 0 Å². The van der Waals surface area contributed by atoms with Gasteiger partial charge in [0.25, 0.3) is 0 Å². The molecule has 11 aromatic carbocycles. The Morgan fingerprint density at radius 1 is 0.300 bits per heavy atom. The third-order valence-electron chi connectivity index (χ3n) is 16.2. The largest absolute Gasteiger partial charge is 0.308 e. The molecule has 0 saturated heterocycles. The SMILES string of the molecule is Cc1ccccc1-c1ccc2c(c1)c1cc(-c3ccccc3C)ccc1n2-c1cc(-c2nc(-c3ccccc3)cc(-c3ccccc3)n2)cc(-n2c3ccc(-c4ccccc4C)cc3c3cc(-c4ccccc4C)ccc32)c1C#N. The summed E-state index contributed by atoms with van der Waals surface area (Å²) >= 11 is 0. The lowest BCUT2D eigenvalue weighted by atomic mass is 9.97. The van der Waals surface area contributed by atoms with E-state index in [1.165, 1.54) is 44.5 Å². The molecule has 0 aliphatic heterocycles. The van der Waals surface area contributed by atoms with Gasteiger partial charge in [0.15, 0.2) is 5.82 Å². The third-order valence-corrected chi connectivity index (χ3v) is 16.2. The zero-order valence-electron chi connectivity index (χ0n) is 44.9. The van der Waals surface area contributed by atoms with E-state index in [-0.39, 0.29) is 0 Å². The first-order chi connectivity index (χ1) is 39.3. The van der Waals surface area contributed by atoms with Crippen molar-refractivity contribution >= 4 is 43.6 Å². The Bertz CT molecular complexity index is 4320. The molecule has 5 nitrogen and oxygen atoms in total. The standard InChI is InChI=1S/C75H53N5/c1-47-19-11-15-27-58(47)53-31-35-69-62(39-53)63-40-54(59-28-16-12-20-48(59)2)32-36-70(63)79(69)73-43-57(75-77-67(51-23-7-5-8-24-51)45-68(78-75)52-25-9-6-10-26-52)44-74(66(73)46-76)80-71-37-33-55(60-29-17-13-21-49(60)3)41-64(71)65-42-56(34-38-72(65)80)61-30-18-14-22-50(61)4/h5-45H,1-4H3. The Morgan fingerprint density at radius 2 is 0.600 bits per heavy atom. The summed E-state index contributed by atoms with van der Waals surface area (Å²) in [5.41, 5.74) is 24.3. The third kappa shape index (κ3) is 8.16. The van der Waals surface area contributed by atoms with Crippen LogP contribution < -0.4 is 0 Å². The average molecular weight is 1020 g/mol. The van der Waals surface area contributed by atoms with Gasteiger partial charge in [-0.25, -0.2) is 9.97 Å². The molecule has 14 aromatic rings. The molecule has 0 amide bonds. The Morgan fingerprint density at radius 3 is 0.900 bits per heavy atom. The van der Waals surface area contributed by atoms with E-state index in [4.69, 9.17) is 9.97 Å². The van der Waals surface area contributed by atoms with Crippen molar-refractivity contribution in [1.82, 2.24) is 19.1 Å². The van der Waals surface area contributed by atoms with Crippen LogP contribution in [0.3, 0.4) is 0 Å². The second-order valence-corrected chi connectivity index (χ2v) is 21.1. The molecular formula is C75H53N5. The first-order valence-corrected chi connectivity index (χ1v) is 27.3. The van der Waals surface area contributed by atoms with E-state index in [1.807, 2.05) is 36.4 Å². The fourth-order valence-corrected chi connectivity index (χ4v) is 12.1. The van der Waals surface area contributed by atoms with Crippen molar-refractivity contribution in [2.24, 2.45) is 0 Å². The van der Waals surface area contributed by atoms with Gasteiger partial charge in [0.1, 0.15) is 11.6 Å². The molecule has 0 spiro atoms. The van der Waals surface area contributed by atoms with Crippen LogP contribution in [0.5, 0.6) is 0 Å². The maximum atomic E-state index is 12.1. The molecule has 0 unspecified atom stereocenters. The quantitative estimate of drug-likeness (QED) is 0.145. The number of fused-ring (bicyclic) bond motifs is 6. The van der Waals surface area contributed by atoms with Crippen molar-refractivity contribution in [3.63, 3.8) is 0 Å². The van der Waals surface area contributed by atoms with E-state index < -0.39 is 0 Å². The lowest BCUT2D eigenvalue weighted by Gasteiger charge is -2.19. The molecule has 0 saturated carbocycles. The summed E-state index contributed by atoms with van der Waals surface area (Å²) < 4.78 is 4.61. The van der Waals surface area contributed by atoms with E-state index in [2.05, 4.69) is 255 Å². The fraction of sp³-hybridized carbons (Fsp3) is 0.0533. The lowest BCUT2D eigenvalue weighted by molar-refractivity contribution is 1.11. The second kappa shape index (κ2) is 19.6. The zero-order chi connectivity index (χ0) is 54.0. The Labute approximate surface area is 465 Å². The highest BCUT2D eigenvalue weighted by Gasteiger charge is 2.25. The molecule has 80 heavy (non-hydrogen) atoms. The van der Waals surface area contributed by atoms with Gasteiger partial charge in [-0.05, 0) is 161 Å². The summed E-state index contributed by atoms with van der Waals surface area (Å²) in [6.45, 7) is 8.69. The maximum Gasteiger partial charge on any atom is 0.160 e. The molecule has 378 valence electrons. The van der Waals surface area contributed by atoms with Gasteiger partial charge in [-0.2, -0.15) is 5.26 Å². The van der Waals surface area contributed by atoms with Gasteiger partial charge in [-0.15, -0.1) is 0 Å². The van der Waals surface area contributed by atoms with Gasteiger partial charge < -0.3 is 9.13 Å². The maximum absolute atomic E-state index is 12.1. The van der Waals surface area contributed by atoms with Gasteiger partial charge in [-0.1, -0.05) is 182 Å². The minimum atomic E-state index is 0.519. The Kier molecular flexibility index (Phi) is 11.7. The van der Waals surface area contributed by atoms with Gasteiger partial charge in [-0.3, -0.25) is 0 Å². The van der Waals surface area contributed by atoms with Crippen LogP contribution in [-0.4, -0.2) is 19.1 Å². The van der Waals surface area contributed by atoms with Crippen molar-refractivity contribution < 1.29 is 0 Å². The number of benzene rings is 11. The van der Waals surface area contributed by atoms with Crippen LogP contribution in [0, 0.1) is 39.0 Å². The summed E-state index contributed by atoms with van der Waals surface area (Å²) in [4.78, 5) is 10.9. The highest BCUT2D eigenvalue weighted by Crippen LogP contribution is 2.44. The Hall–Kier alpha value is -10.4. The van der Waals surface area contributed by atoms with Crippen molar-refractivity contribution in [3.8, 4) is 95.9 Å². The van der Waals surface area contributed by atoms with Crippen molar-refractivity contribution in [3.05, 3.63) is 277 Å². The number of rotatable bonds is 9. The van der Waals surface area contributed by atoms with Gasteiger partial charge in [0.05, 0.1) is 44.8 Å². The Balaban J connectivity index is 1.11. The summed E-state index contributed by atoms with van der Waals surface area (Å²) in [7, 11) is 0. The predicted octanol–water partition coefficient (Wildman–Crippen LogP) is 19.4. The number of aryl methyl sites for hydroxylation is 4. The minimum Gasteiger partial charge on any atom is -0.308 e. The normalized spacial score (nSPS) is 11.5. The second-order valence-electron chi connectivity index (χ2n) is 21.1. The van der Waals surface area contributed by atoms with Crippen LogP contribution in [0.4, 0.5) is 0 Å². The molecule has 0 bridgehead atoms. The molecule has 14 rings (SSSR count). The lowest BCUT2D eigenvalue weighted by Crippen LogP contribution is -2.06. The van der Waals surface area contributed by atoms with Crippen molar-refractivity contribution in [2.45, 2.75) is 27.7 Å². The summed E-state index contributed by atoms with van der Waals surface area (Å²) in [5.74, 6) is 0.547. The van der Waals surface area contributed by atoms with Crippen LogP contribution in [-0.2, 0) is 0 Å². The number of nitrogens with zero attached hydrogens (tertiary/aromatic N) is 5. The first-order valence-electron chi connectivity index (χ1n) is 27.3.